The number of aryl methyl sites for hydroxylation is 2. The van der Waals surface area contributed by atoms with Gasteiger partial charge in [0.2, 0.25) is 0 Å². The van der Waals surface area contributed by atoms with Gasteiger partial charge in [0.05, 0.1) is 0 Å². The maximum Gasteiger partial charge on any atom is 0.276 e. The van der Waals surface area contributed by atoms with Gasteiger partial charge in [0.25, 0.3) is 5.91 Å². The van der Waals surface area contributed by atoms with Crippen LogP contribution in [-0.4, -0.2) is 15.7 Å². The molecule has 0 spiro atoms. The zero-order valence-corrected chi connectivity index (χ0v) is 14.0. The highest BCUT2D eigenvalue weighted by Gasteiger charge is 2.10. The summed E-state index contributed by atoms with van der Waals surface area (Å²) in [4.78, 5) is 12.2. The first-order valence-electron chi connectivity index (χ1n) is 7.82. The molecule has 5 nitrogen and oxygen atoms in total. The molecular weight excluding hydrogens is 321 g/mol. The molecule has 3 rings (SSSR count). The van der Waals surface area contributed by atoms with Gasteiger partial charge in [0, 0.05) is 11.9 Å². The summed E-state index contributed by atoms with van der Waals surface area (Å²) in [5.41, 5.74) is 2.98. The number of nitrogens with zero attached hydrogens (tertiary/aromatic N) is 2. The Bertz CT molecular complexity index is 888. The molecule has 1 N–H and O–H groups in total. The van der Waals surface area contributed by atoms with Crippen molar-refractivity contribution in [2.24, 2.45) is 0 Å². The molecule has 0 unspecified atom stereocenters. The van der Waals surface area contributed by atoms with Crippen LogP contribution in [0.15, 0.2) is 54.7 Å². The van der Waals surface area contributed by atoms with Crippen LogP contribution in [0.1, 0.15) is 21.6 Å². The number of halogens is 1. The highest BCUT2D eigenvalue weighted by atomic mass is 19.1. The maximum absolute atomic E-state index is 12.9. The number of hydrogen-bond donors (Lipinski definition) is 1. The van der Waals surface area contributed by atoms with Gasteiger partial charge in [0.15, 0.2) is 12.4 Å². The third kappa shape index (κ3) is 4.23. The van der Waals surface area contributed by atoms with Gasteiger partial charge in [-0.15, -0.1) is 0 Å². The minimum absolute atomic E-state index is 0.202. The summed E-state index contributed by atoms with van der Waals surface area (Å²) in [6.45, 7) is 4.21. The number of carbonyl (C=O) groups excluding carboxylic acids is 1. The Morgan fingerprint density at radius 2 is 1.92 bits per heavy atom. The zero-order chi connectivity index (χ0) is 17.8. The van der Waals surface area contributed by atoms with Crippen molar-refractivity contribution in [3.05, 3.63) is 77.4 Å². The number of ether oxygens (including phenoxy) is 1. The van der Waals surface area contributed by atoms with Crippen LogP contribution >= 0.6 is 0 Å². The highest BCUT2D eigenvalue weighted by Crippen LogP contribution is 2.19. The molecule has 25 heavy (non-hydrogen) atoms. The maximum atomic E-state index is 12.9. The Kier molecular flexibility index (Phi) is 4.79. The SMILES string of the molecule is Cc1ccc(OCn2ccc(C(=O)Nc3ccc(F)cc3)n2)c(C)c1. The lowest BCUT2D eigenvalue weighted by molar-refractivity contribution is 0.102. The van der Waals surface area contributed by atoms with Crippen molar-refractivity contribution in [1.82, 2.24) is 9.78 Å². The minimum atomic E-state index is -0.364. The first kappa shape index (κ1) is 16.7. The van der Waals surface area contributed by atoms with Crippen LogP contribution in [0.2, 0.25) is 0 Å². The Morgan fingerprint density at radius 1 is 1.16 bits per heavy atom. The smallest absolute Gasteiger partial charge is 0.276 e. The molecule has 0 atom stereocenters. The summed E-state index contributed by atoms with van der Waals surface area (Å²) in [5, 5.41) is 6.86. The van der Waals surface area contributed by atoms with E-state index in [0.29, 0.717) is 5.69 Å². The molecule has 0 aliphatic rings. The summed E-state index contributed by atoms with van der Waals surface area (Å²) in [7, 11) is 0. The van der Waals surface area contributed by atoms with E-state index < -0.39 is 0 Å². The molecule has 0 radical (unpaired) electrons. The molecule has 0 saturated carbocycles. The third-order valence-corrected chi connectivity index (χ3v) is 3.66. The van der Waals surface area contributed by atoms with E-state index in [4.69, 9.17) is 4.74 Å². The van der Waals surface area contributed by atoms with E-state index in [2.05, 4.69) is 10.4 Å². The number of rotatable bonds is 5. The fraction of sp³-hybridized carbons (Fsp3) is 0.158. The normalized spacial score (nSPS) is 10.5. The number of anilines is 1. The minimum Gasteiger partial charge on any atom is -0.471 e. The van der Waals surface area contributed by atoms with Crippen LogP contribution in [0.4, 0.5) is 10.1 Å². The van der Waals surface area contributed by atoms with Crippen LogP contribution in [-0.2, 0) is 6.73 Å². The number of carbonyl (C=O) groups is 1. The van der Waals surface area contributed by atoms with Crippen LogP contribution in [0.3, 0.4) is 0 Å². The molecule has 0 aliphatic heterocycles. The molecule has 3 aromatic rings. The lowest BCUT2D eigenvalue weighted by atomic mass is 10.1. The van der Waals surface area contributed by atoms with Gasteiger partial charge in [-0.2, -0.15) is 5.10 Å². The van der Waals surface area contributed by atoms with Crippen LogP contribution < -0.4 is 10.1 Å². The van der Waals surface area contributed by atoms with E-state index in [0.717, 1.165) is 11.3 Å². The molecule has 2 aromatic carbocycles. The van der Waals surface area contributed by atoms with Gasteiger partial charge in [-0.3, -0.25) is 4.79 Å². The molecule has 1 aromatic heterocycles. The topological polar surface area (TPSA) is 56.1 Å². The van der Waals surface area contributed by atoms with E-state index in [9.17, 15) is 9.18 Å². The Balaban J connectivity index is 1.61. The Morgan fingerprint density at radius 3 is 2.64 bits per heavy atom. The fourth-order valence-electron chi connectivity index (χ4n) is 2.38. The second-order valence-corrected chi connectivity index (χ2v) is 5.74. The number of aromatic nitrogens is 2. The van der Waals surface area contributed by atoms with Crippen molar-refractivity contribution in [2.45, 2.75) is 20.6 Å². The van der Waals surface area contributed by atoms with Crippen LogP contribution in [0, 0.1) is 19.7 Å². The van der Waals surface area contributed by atoms with Crippen molar-refractivity contribution < 1.29 is 13.9 Å². The number of hydrogen-bond acceptors (Lipinski definition) is 3. The van der Waals surface area contributed by atoms with Crippen molar-refractivity contribution in [2.75, 3.05) is 5.32 Å². The van der Waals surface area contributed by atoms with E-state index >= 15 is 0 Å². The third-order valence-electron chi connectivity index (χ3n) is 3.66. The van der Waals surface area contributed by atoms with Crippen molar-refractivity contribution in [1.29, 1.82) is 0 Å². The fourth-order valence-corrected chi connectivity index (χ4v) is 2.38. The van der Waals surface area contributed by atoms with E-state index in [-0.39, 0.29) is 24.1 Å². The second kappa shape index (κ2) is 7.17. The summed E-state index contributed by atoms with van der Waals surface area (Å²) < 4.78 is 20.2. The van der Waals surface area contributed by atoms with E-state index in [1.54, 1.807) is 16.9 Å². The van der Waals surface area contributed by atoms with Gasteiger partial charge in [-0.1, -0.05) is 17.7 Å². The number of amides is 1. The van der Waals surface area contributed by atoms with Gasteiger partial charge in [0.1, 0.15) is 11.6 Å². The van der Waals surface area contributed by atoms with Gasteiger partial charge < -0.3 is 10.1 Å². The van der Waals surface area contributed by atoms with Crippen molar-refractivity contribution >= 4 is 11.6 Å². The summed E-state index contributed by atoms with van der Waals surface area (Å²) in [6.07, 6.45) is 1.67. The molecule has 1 heterocycles. The summed E-state index contributed by atoms with van der Waals surface area (Å²) >= 11 is 0. The second-order valence-electron chi connectivity index (χ2n) is 5.74. The van der Waals surface area contributed by atoms with Gasteiger partial charge >= 0.3 is 0 Å². The zero-order valence-electron chi connectivity index (χ0n) is 14.0. The predicted octanol–water partition coefficient (Wildman–Crippen LogP) is 3.93. The van der Waals surface area contributed by atoms with Gasteiger partial charge in [-0.25, -0.2) is 9.07 Å². The molecule has 0 fully saturated rings. The molecule has 6 heteroatoms. The van der Waals surface area contributed by atoms with Gasteiger partial charge in [-0.05, 0) is 55.8 Å². The molecular formula is C19H18FN3O2. The quantitative estimate of drug-likeness (QED) is 0.766. The standard InChI is InChI=1S/C19H18FN3O2/c1-13-3-8-18(14(2)11-13)25-12-23-10-9-17(22-23)19(24)21-16-6-4-15(20)5-7-16/h3-11H,12H2,1-2H3,(H,21,24). The average molecular weight is 339 g/mol. The van der Waals surface area contributed by atoms with Crippen LogP contribution in [0.5, 0.6) is 5.75 Å². The number of nitrogens with one attached hydrogen (secondary N) is 1. The summed E-state index contributed by atoms with van der Waals surface area (Å²) in [6, 6.07) is 13.1. The number of benzene rings is 2. The largest absolute Gasteiger partial charge is 0.471 e. The highest BCUT2D eigenvalue weighted by molar-refractivity contribution is 6.02. The first-order chi connectivity index (χ1) is 12.0. The van der Waals surface area contributed by atoms with Crippen molar-refractivity contribution in [3.63, 3.8) is 0 Å². The van der Waals surface area contributed by atoms with E-state index in [1.165, 1.54) is 29.8 Å². The lowest BCUT2D eigenvalue weighted by Crippen LogP contribution is -2.14. The van der Waals surface area contributed by atoms with Crippen molar-refractivity contribution in [3.8, 4) is 5.75 Å². The molecule has 0 bridgehead atoms. The average Bonchev–Trinajstić information content (AvgIpc) is 3.05. The molecule has 0 aliphatic carbocycles. The monoisotopic (exact) mass is 339 g/mol. The Labute approximate surface area is 145 Å². The molecule has 128 valence electrons. The first-order valence-corrected chi connectivity index (χ1v) is 7.82. The predicted molar refractivity (Wildman–Crippen MR) is 93.1 cm³/mol. The van der Waals surface area contributed by atoms with E-state index in [1.807, 2.05) is 32.0 Å². The molecule has 1 amide bonds. The van der Waals surface area contributed by atoms with Crippen LogP contribution in [0.25, 0.3) is 0 Å². The summed E-state index contributed by atoms with van der Waals surface area (Å²) in [5.74, 6) is 0.0566. The molecule has 0 saturated heterocycles. The lowest BCUT2D eigenvalue weighted by Gasteiger charge is -2.09. The Hall–Kier alpha value is -3.15.